The lowest BCUT2D eigenvalue weighted by Crippen LogP contribution is -2.09. The van der Waals surface area contributed by atoms with Gasteiger partial charge in [0.1, 0.15) is 11.2 Å². The van der Waals surface area contributed by atoms with Crippen molar-refractivity contribution in [1.82, 2.24) is 0 Å². The first-order valence-corrected chi connectivity index (χ1v) is 19.5. The molecule has 0 saturated carbocycles. The van der Waals surface area contributed by atoms with Crippen LogP contribution in [0.25, 0.3) is 86.3 Å². The molecule has 0 atom stereocenters. The molecular weight excluding hydrogens is 687 g/mol. The van der Waals surface area contributed by atoms with Crippen LogP contribution in [-0.4, -0.2) is 0 Å². The number of furan rings is 1. The van der Waals surface area contributed by atoms with E-state index in [1.165, 1.54) is 42.1 Å². The SMILES string of the molecule is c1ccc(-c2cccc3c2oc2ccc(-c4ccc(N(c5ccc(-c6cccc7sc8ccccc8c67)cc5)c5ccc6ccccc6c5)cc4)cc23)cc1. The van der Waals surface area contributed by atoms with Gasteiger partial charge in [0, 0.05) is 53.6 Å². The van der Waals surface area contributed by atoms with Crippen molar-refractivity contribution >= 4 is 81.3 Å². The molecule has 258 valence electrons. The molecule has 3 heteroatoms. The van der Waals surface area contributed by atoms with Crippen molar-refractivity contribution in [1.29, 1.82) is 0 Å². The molecular formula is C52H33NOS. The first-order chi connectivity index (χ1) is 27.2. The Bertz CT molecular complexity index is 3190. The third-order valence-electron chi connectivity index (χ3n) is 10.9. The van der Waals surface area contributed by atoms with Crippen LogP contribution in [0, 0.1) is 0 Å². The number of fused-ring (bicyclic) bond motifs is 7. The van der Waals surface area contributed by atoms with E-state index >= 15 is 0 Å². The summed E-state index contributed by atoms with van der Waals surface area (Å²) >= 11 is 1.86. The van der Waals surface area contributed by atoms with E-state index in [1.807, 2.05) is 17.4 Å². The zero-order valence-electron chi connectivity index (χ0n) is 29.8. The Morgan fingerprint density at radius 2 is 0.982 bits per heavy atom. The van der Waals surface area contributed by atoms with E-state index in [2.05, 4.69) is 199 Å². The Morgan fingerprint density at radius 3 is 1.82 bits per heavy atom. The summed E-state index contributed by atoms with van der Waals surface area (Å²) in [5.74, 6) is 0. The van der Waals surface area contributed by atoms with Crippen LogP contribution in [-0.2, 0) is 0 Å². The second-order valence-electron chi connectivity index (χ2n) is 14.1. The van der Waals surface area contributed by atoms with Gasteiger partial charge in [-0.15, -0.1) is 11.3 Å². The van der Waals surface area contributed by atoms with Gasteiger partial charge in [-0.2, -0.15) is 0 Å². The summed E-state index contributed by atoms with van der Waals surface area (Å²) in [4.78, 5) is 2.36. The Balaban J connectivity index is 0.986. The lowest BCUT2D eigenvalue weighted by atomic mass is 9.98. The molecule has 11 rings (SSSR count). The summed E-state index contributed by atoms with van der Waals surface area (Å²) in [6.07, 6.45) is 0. The minimum Gasteiger partial charge on any atom is -0.455 e. The number of para-hydroxylation sites is 1. The minimum atomic E-state index is 0.896. The average molecular weight is 720 g/mol. The highest BCUT2D eigenvalue weighted by molar-refractivity contribution is 7.25. The molecule has 0 N–H and O–H groups in total. The summed E-state index contributed by atoms with van der Waals surface area (Å²) in [6, 6.07) is 72.1. The molecule has 0 fully saturated rings. The summed E-state index contributed by atoms with van der Waals surface area (Å²) in [5, 5.41) is 7.34. The number of rotatable bonds is 6. The zero-order chi connectivity index (χ0) is 36.3. The normalized spacial score (nSPS) is 11.6. The third kappa shape index (κ3) is 5.40. The molecule has 0 aliphatic rings. The molecule has 2 nitrogen and oxygen atoms in total. The van der Waals surface area contributed by atoms with E-state index in [0.29, 0.717) is 0 Å². The maximum atomic E-state index is 6.47. The first-order valence-electron chi connectivity index (χ1n) is 18.7. The highest BCUT2D eigenvalue weighted by Gasteiger charge is 2.17. The van der Waals surface area contributed by atoms with Crippen molar-refractivity contribution in [2.24, 2.45) is 0 Å². The van der Waals surface area contributed by atoms with E-state index in [9.17, 15) is 0 Å². The molecule has 55 heavy (non-hydrogen) atoms. The van der Waals surface area contributed by atoms with E-state index in [0.717, 1.165) is 61.3 Å². The molecule has 0 spiro atoms. The molecule has 0 unspecified atom stereocenters. The van der Waals surface area contributed by atoms with Gasteiger partial charge in [0.2, 0.25) is 0 Å². The molecule has 0 aliphatic heterocycles. The third-order valence-corrected chi connectivity index (χ3v) is 12.0. The second-order valence-corrected chi connectivity index (χ2v) is 15.2. The van der Waals surface area contributed by atoms with Crippen LogP contribution in [0.1, 0.15) is 0 Å². The predicted molar refractivity (Wildman–Crippen MR) is 235 cm³/mol. The standard InChI is InChI=1S/C52H33NOS/c1-2-11-36(12-3-1)44-16-8-17-45-47-33-39(25-31-48(47)54-52(44)45)35-20-26-40(27-21-35)53(42-30-22-34-10-4-5-13-38(34)32-42)41-28-23-37(24-29-41)43-15-9-19-50-51(43)46-14-6-7-18-49(46)55-50/h1-33H. The monoisotopic (exact) mass is 719 g/mol. The van der Waals surface area contributed by atoms with Crippen LogP contribution in [0.4, 0.5) is 17.1 Å². The van der Waals surface area contributed by atoms with Crippen molar-refractivity contribution in [3.63, 3.8) is 0 Å². The summed E-state index contributed by atoms with van der Waals surface area (Å²) in [5.41, 5.74) is 12.2. The Kier molecular flexibility index (Phi) is 7.39. The molecule has 0 amide bonds. The molecule has 0 bridgehead atoms. The van der Waals surface area contributed by atoms with Crippen LogP contribution in [0.3, 0.4) is 0 Å². The van der Waals surface area contributed by atoms with Crippen molar-refractivity contribution < 1.29 is 4.42 Å². The highest BCUT2D eigenvalue weighted by Crippen LogP contribution is 2.43. The lowest BCUT2D eigenvalue weighted by Gasteiger charge is -2.26. The maximum absolute atomic E-state index is 6.47. The van der Waals surface area contributed by atoms with E-state index in [1.54, 1.807) is 0 Å². The first kappa shape index (κ1) is 31.6. The summed E-state index contributed by atoms with van der Waals surface area (Å²) < 4.78 is 9.11. The van der Waals surface area contributed by atoms with E-state index in [4.69, 9.17) is 4.42 Å². The fourth-order valence-electron chi connectivity index (χ4n) is 8.19. The number of nitrogens with zero attached hydrogens (tertiary/aromatic N) is 1. The lowest BCUT2D eigenvalue weighted by molar-refractivity contribution is 0.670. The van der Waals surface area contributed by atoms with Gasteiger partial charge in [0.15, 0.2) is 0 Å². The number of hydrogen-bond acceptors (Lipinski definition) is 3. The van der Waals surface area contributed by atoms with Gasteiger partial charge in [-0.3, -0.25) is 0 Å². The van der Waals surface area contributed by atoms with Crippen molar-refractivity contribution in [3.8, 4) is 33.4 Å². The maximum Gasteiger partial charge on any atom is 0.143 e. The summed E-state index contributed by atoms with van der Waals surface area (Å²) in [7, 11) is 0. The number of benzene rings is 9. The molecule has 9 aromatic carbocycles. The van der Waals surface area contributed by atoms with Crippen molar-refractivity contribution in [2.45, 2.75) is 0 Å². The van der Waals surface area contributed by atoms with E-state index in [-0.39, 0.29) is 0 Å². The van der Waals surface area contributed by atoms with Crippen molar-refractivity contribution in [3.05, 3.63) is 200 Å². The highest BCUT2D eigenvalue weighted by atomic mass is 32.1. The van der Waals surface area contributed by atoms with Gasteiger partial charge < -0.3 is 9.32 Å². The fourth-order valence-corrected chi connectivity index (χ4v) is 9.33. The Hall–Kier alpha value is -6.94. The van der Waals surface area contributed by atoms with Gasteiger partial charge in [0.05, 0.1) is 0 Å². The van der Waals surface area contributed by atoms with E-state index < -0.39 is 0 Å². The van der Waals surface area contributed by atoms with Gasteiger partial charge in [0.25, 0.3) is 0 Å². The number of thiophene rings is 1. The van der Waals surface area contributed by atoms with Crippen LogP contribution in [0.5, 0.6) is 0 Å². The Labute approximate surface area is 322 Å². The molecule has 0 saturated heterocycles. The quantitative estimate of drug-likeness (QED) is 0.170. The van der Waals surface area contributed by atoms with Crippen LogP contribution < -0.4 is 4.90 Å². The number of anilines is 3. The molecule has 0 aliphatic carbocycles. The fraction of sp³-hybridized carbons (Fsp3) is 0. The van der Waals surface area contributed by atoms with Crippen LogP contribution in [0.2, 0.25) is 0 Å². The van der Waals surface area contributed by atoms with Crippen LogP contribution >= 0.6 is 11.3 Å². The predicted octanol–water partition coefficient (Wildman–Crippen LogP) is 15.6. The van der Waals surface area contributed by atoms with Gasteiger partial charge >= 0.3 is 0 Å². The average Bonchev–Trinajstić information content (AvgIpc) is 3.83. The van der Waals surface area contributed by atoms with Gasteiger partial charge in [-0.25, -0.2) is 0 Å². The number of hydrogen-bond donors (Lipinski definition) is 0. The topological polar surface area (TPSA) is 16.4 Å². The van der Waals surface area contributed by atoms with Gasteiger partial charge in [-0.1, -0.05) is 140 Å². The molecule has 11 aromatic rings. The largest absolute Gasteiger partial charge is 0.455 e. The Morgan fingerprint density at radius 1 is 0.364 bits per heavy atom. The van der Waals surface area contributed by atoms with Crippen molar-refractivity contribution in [2.75, 3.05) is 4.90 Å². The molecule has 2 aromatic heterocycles. The smallest absolute Gasteiger partial charge is 0.143 e. The summed E-state index contributed by atoms with van der Waals surface area (Å²) in [6.45, 7) is 0. The minimum absolute atomic E-state index is 0.896. The van der Waals surface area contributed by atoms with Crippen LogP contribution in [0.15, 0.2) is 205 Å². The second kappa shape index (κ2) is 12.9. The molecule has 0 radical (unpaired) electrons. The van der Waals surface area contributed by atoms with Gasteiger partial charge in [-0.05, 0) is 99.3 Å². The molecule has 2 heterocycles. The zero-order valence-corrected chi connectivity index (χ0v) is 30.6.